The van der Waals surface area contributed by atoms with Crippen LogP contribution in [0.1, 0.15) is 21.5 Å². The summed E-state index contributed by atoms with van der Waals surface area (Å²) in [5.41, 5.74) is -0.161. The third-order valence-corrected chi connectivity index (χ3v) is 4.48. The number of hydrogen-bond donors (Lipinski definition) is 1. The summed E-state index contributed by atoms with van der Waals surface area (Å²) in [5.74, 6) is -1.39. The van der Waals surface area contributed by atoms with Gasteiger partial charge in [-0.25, -0.2) is 4.79 Å². The van der Waals surface area contributed by atoms with Crippen molar-refractivity contribution in [2.75, 3.05) is 0 Å². The molecule has 0 radical (unpaired) electrons. The number of carboxylic acid groups (broad SMARTS) is 1. The Morgan fingerprint density at radius 1 is 1.04 bits per heavy atom. The Bertz CT molecular complexity index is 1180. The molecular weight excluding hydrogens is 357 g/mol. The number of aromatic carboxylic acids is 1. The van der Waals surface area contributed by atoms with Crippen LogP contribution in [0.5, 0.6) is 0 Å². The second kappa shape index (κ2) is 6.12. The molecule has 0 bridgehead atoms. The molecule has 4 rings (SSSR count). The fraction of sp³-hybridized carbons (Fsp3) is 0.100. The lowest BCUT2D eigenvalue weighted by Gasteiger charge is -2.12. The SMILES string of the molecule is O=C(O)c1cc(C(F)(F)F)cc2ccn(Cc3ccc4cnccc4c3)c12. The van der Waals surface area contributed by atoms with E-state index in [4.69, 9.17) is 0 Å². The minimum atomic E-state index is -4.60. The third-order valence-electron chi connectivity index (χ3n) is 4.48. The molecule has 0 spiro atoms. The van der Waals surface area contributed by atoms with Crippen molar-refractivity contribution >= 4 is 27.6 Å². The highest BCUT2D eigenvalue weighted by atomic mass is 19.4. The van der Waals surface area contributed by atoms with Gasteiger partial charge in [-0.15, -0.1) is 0 Å². The summed E-state index contributed by atoms with van der Waals surface area (Å²) in [6.07, 6.45) is 0.421. The van der Waals surface area contributed by atoms with Gasteiger partial charge < -0.3 is 9.67 Å². The standard InChI is InChI=1S/C20H13F3N2O2/c21-20(22,23)16-8-14-4-6-25(18(14)17(9-16)19(26)27)11-12-1-2-15-10-24-5-3-13(15)7-12/h1-10H,11H2,(H,26,27). The molecule has 4 nitrogen and oxygen atoms in total. The van der Waals surface area contributed by atoms with Gasteiger partial charge in [-0.3, -0.25) is 4.98 Å². The first-order valence-electron chi connectivity index (χ1n) is 8.09. The van der Waals surface area contributed by atoms with Crippen molar-refractivity contribution < 1.29 is 23.1 Å². The van der Waals surface area contributed by atoms with Crippen LogP contribution in [0.2, 0.25) is 0 Å². The van der Waals surface area contributed by atoms with E-state index in [0.717, 1.165) is 22.4 Å². The second-order valence-electron chi connectivity index (χ2n) is 6.27. The van der Waals surface area contributed by atoms with Crippen LogP contribution in [0.15, 0.2) is 61.1 Å². The lowest BCUT2D eigenvalue weighted by atomic mass is 10.1. The molecule has 0 fully saturated rings. The topological polar surface area (TPSA) is 55.1 Å². The van der Waals surface area contributed by atoms with E-state index in [9.17, 15) is 23.1 Å². The Morgan fingerprint density at radius 2 is 1.85 bits per heavy atom. The molecule has 136 valence electrons. The zero-order chi connectivity index (χ0) is 19.2. The number of nitrogens with zero attached hydrogens (tertiary/aromatic N) is 2. The van der Waals surface area contributed by atoms with E-state index >= 15 is 0 Å². The van der Waals surface area contributed by atoms with Gasteiger partial charge in [-0.1, -0.05) is 12.1 Å². The van der Waals surface area contributed by atoms with E-state index in [0.29, 0.717) is 12.6 Å². The lowest BCUT2D eigenvalue weighted by Crippen LogP contribution is -2.10. The average Bonchev–Trinajstić information content (AvgIpc) is 3.03. The molecule has 27 heavy (non-hydrogen) atoms. The van der Waals surface area contributed by atoms with Gasteiger partial charge in [0.15, 0.2) is 0 Å². The summed E-state index contributed by atoms with van der Waals surface area (Å²) >= 11 is 0. The first-order valence-corrected chi connectivity index (χ1v) is 8.09. The van der Waals surface area contributed by atoms with Crippen LogP contribution in [0.4, 0.5) is 13.2 Å². The van der Waals surface area contributed by atoms with Gasteiger partial charge in [-0.05, 0) is 41.3 Å². The van der Waals surface area contributed by atoms with E-state index in [-0.39, 0.29) is 16.5 Å². The monoisotopic (exact) mass is 370 g/mol. The lowest BCUT2D eigenvalue weighted by molar-refractivity contribution is -0.137. The van der Waals surface area contributed by atoms with Crippen LogP contribution in [0.25, 0.3) is 21.7 Å². The molecule has 2 aromatic heterocycles. The van der Waals surface area contributed by atoms with Crippen LogP contribution >= 0.6 is 0 Å². The van der Waals surface area contributed by atoms with Crippen LogP contribution in [-0.4, -0.2) is 20.6 Å². The number of hydrogen-bond acceptors (Lipinski definition) is 2. The van der Waals surface area contributed by atoms with Crippen molar-refractivity contribution in [1.29, 1.82) is 0 Å². The molecule has 2 aromatic carbocycles. The normalized spacial score (nSPS) is 12.0. The highest BCUT2D eigenvalue weighted by Gasteiger charge is 2.32. The largest absolute Gasteiger partial charge is 0.478 e. The van der Waals surface area contributed by atoms with Crippen LogP contribution in [-0.2, 0) is 12.7 Å². The number of carboxylic acids is 1. The van der Waals surface area contributed by atoms with Crippen molar-refractivity contribution in [2.45, 2.75) is 12.7 Å². The molecule has 0 saturated heterocycles. The van der Waals surface area contributed by atoms with Crippen molar-refractivity contribution in [3.8, 4) is 0 Å². The second-order valence-corrected chi connectivity index (χ2v) is 6.27. The molecule has 4 aromatic rings. The molecule has 0 aliphatic rings. The molecule has 0 atom stereocenters. The van der Waals surface area contributed by atoms with Gasteiger partial charge in [-0.2, -0.15) is 13.2 Å². The summed E-state index contributed by atoms with van der Waals surface area (Å²) in [6.45, 7) is 0.341. The van der Waals surface area contributed by atoms with Crippen molar-refractivity contribution in [1.82, 2.24) is 9.55 Å². The molecule has 2 heterocycles. The maximum absolute atomic E-state index is 13.1. The number of rotatable bonds is 3. The fourth-order valence-electron chi connectivity index (χ4n) is 3.24. The number of benzene rings is 2. The van der Waals surface area contributed by atoms with Crippen molar-refractivity contribution in [2.24, 2.45) is 0 Å². The third kappa shape index (κ3) is 3.12. The number of aromatic nitrogens is 2. The predicted octanol–water partition coefficient (Wildman–Crippen LogP) is 4.95. The number of alkyl halides is 3. The molecule has 0 aliphatic heterocycles. The highest BCUT2D eigenvalue weighted by Crippen LogP contribution is 2.34. The minimum absolute atomic E-state index is 0.243. The first-order chi connectivity index (χ1) is 12.8. The Labute approximate surface area is 151 Å². The number of halogens is 3. The predicted molar refractivity (Wildman–Crippen MR) is 94.7 cm³/mol. The van der Waals surface area contributed by atoms with Crippen molar-refractivity contribution in [3.63, 3.8) is 0 Å². The van der Waals surface area contributed by atoms with Crippen molar-refractivity contribution in [3.05, 3.63) is 77.7 Å². The number of pyridine rings is 1. The Kier molecular flexibility index (Phi) is 3.87. The van der Waals surface area contributed by atoms with E-state index in [1.54, 1.807) is 23.2 Å². The van der Waals surface area contributed by atoms with Gasteiger partial charge in [0.2, 0.25) is 0 Å². The fourth-order valence-corrected chi connectivity index (χ4v) is 3.24. The van der Waals surface area contributed by atoms with Crippen LogP contribution in [0, 0.1) is 0 Å². The summed E-state index contributed by atoms with van der Waals surface area (Å²) in [4.78, 5) is 15.6. The summed E-state index contributed by atoms with van der Waals surface area (Å²) in [6, 6.07) is 10.8. The summed E-state index contributed by atoms with van der Waals surface area (Å²) in [7, 11) is 0. The smallest absolute Gasteiger partial charge is 0.416 e. The summed E-state index contributed by atoms with van der Waals surface area (Å²) < 4.78 is 40.8. The van der Waals surface area contributed by atoms with Crippen LogP contribution < -0.4 is 0 Å². The molecular formula is C20H13F3N2O2. The maximum atomic E-state index is 13.1. The maximum Gasteiger partial charge on any atom is 0.416 e. The van der Waals surface area contributed by atoms with E-state index in [1.165, 1.54) is 6.07 Å². The molecule has 0 aliphatic carbocycles. The van der Waals surface area contributed by atoms with Gasteiger partial charge >= 0.3 is 12.1 Å². The Morgan fingerprint density at radius 3 is 2.59 bits per heavy atom. The summed E-state index contributed by atoms with van der Waals surface area (Å²) in [5, 5.41) is 11.6. The molecule has 7 heteroatoms. The Hall–Kier alpha value is -3.35. The molecule has 1 N–H and O–H groups in total. The molecule has 0 unspecified atom stereocenters. The minimum Gasteiger partial charge on any atom is -0.478 e. The van der Waals surface area contributed by atoms with E-state index in [2.05, 4.69) is 4.98 Å². The molecule has 0 amide bonds. The van der Waals surface area contributed by atoms with E-state index in [1.807, 2.05) is 24.3 Å². The van der Waals surface area contributed by atoms with Gasteiger partial charge in [0.25, 0.3) is 0 Å². The van der Waals surface area contributed by atoms with E-state index < -0.39 is 17.7 Å². The number of carbonyl (C=O) groups is 1. The van der Waals surface area contributed by atoms with Crippen LogP contribution in [0.3, 0.4) is 0 Å². The van der Waals surface area contributed by atoms with Gasteiger partial charge in [0, 0.05) is 35.9 Å². The molecule has 0 saturated carbocycles. The first kappa shape index (κ1) is 17.1. The zero-order valence-corrected chi connectivity index (χ0v) is 13.9. The quantitative estimate of drug-likeness (QED) is 0.555. The Balaban J connectivity index is 1.83. The van der Waals surface area contributed by atoms with Gasteiger partial charge in [0.1, 0.15) is 0 Å². The highest BCUT2D eigenvalue weighted by molar-refractivity contribution is 6.03. The average molecular weight is 370 g/mol. The zero-order valence-electron chi connectivity index (χ0n) is 13.9. The van der Waals surface area contributed by atoms with Gasteiger partial charge in [0.05, 0.1) is 16.6 Å². The number of fused-ring (bicyclic) bond motifs is 2.